The summed E-state index contributed by atoms with van der Waals surface area (Å²) in [6.45, 7) is 0.673. The topological polar surface area (TPSA) is 68.2 Å². The molecule has 0 bridgehead atoms. The standard InChI is InChI=1S/C23H25ClN4O2/c1-27(18-8-3-2-4-9-18)19-10-11-20-16(12-19)6-5-7-17(20)13-26-22-14-25-21(24)15-28(22)23(29)30/h2-4,8-12,14-15,17,22,26H,5-7,13H2,1H3,(H,29,30)/t17-,22?/m0/s1. The van der Waals surface area contributed by atoms with E-state index in [-0.39, 0.29) is 5.16 Å². The first-order valence-corrected chi connectivity index (χ1v) is 10.5. The van der Waals surface area contributed by atoms with Crippen molar-refractivity contribution >= 4 is 35.3 Å². The van der Waals surface area contributed by atoms with E-state index in [9.17, 15) is 9.90 Å². The molecule has 1 unspecified atom stereocenters. The number of rotatable bonds is 5. The van der Waals surface area contributed by atoms with E-state index in [4.69, 9.17) is 11.6 Å². The van der Waals surface area contributed by atoms with E-state index in [0.29, 0.717) is 12.5 Å². The van der Waals surface area contributed by atoms with Crippen LogP contribution in [0.25, 0.3) is 0 Å². The third-order valence-corrected chi connectivity index (χ3v) is 5.97. The first-order chi connectivity index (χ1) is 14.5. The monoisotopic (exact) mass is 424 g/mol. The highest BCUT2D eigenvalue weighted by Gasteiger charge is 2.26. The quantitative estimate of drug-likeness (QED) is 0.670. The van der Waals surface area contributed by atoms with Gasteiger partial charge in [0.25, 0.3) is 0 Å². The Morgan fingerprint density at radius 2 is 2.07 bits per heavy atom. The molecule has 0 fully saturated rings. The predicted octanol–water partition coefficient (Wildman–Crippen LogP) is 4.89. The zero-order valence-corrected chi connectivity index (χ0v) is 17.6. The number of para-hydroxylation sites is 1. The van der Waals surface area contributed by atoms with E-state index in [1.165, 1.54) is 29.2 Å². The third-order valence-electron chi connectivity index (χ3n) is 5.77. The van der Waals surface area contributed by atoms with Crippen molar-refractivity contribution in [3.8, 4) is 0 Å². The molecule has 30 heavy (non-hydrogen) atoms. The Morgan fingerprint density at radius 1 is 1.27 bits per heavy atom. The Balaban J connectivity index is 1.48. The number of anilines is 2. The van der Waals surface area contributed by atoms with Gasteiger partial charge in [0.1, 0.15) is 11.3 Å². The molecule has 1 heterocycles. The molecule has 6 nitrogen and oxygen atoms in total. The van der Waals surface area contributed by atoms with Crippen LogP contribution in [0.4, 0.5) is 16.2 Å². The lowest BCUT2D eigenvalue weighted by molar-refractivity contribution is 0.151. The van der Waals surface area contributed by atoms with E-state index in [1.54, 1.807) is 0 Å². The zero-order chi connectivity index (χ0) is 21.1. The van der Waals surface area contributed by atoms with Gasteiger partial charge in [-0.1, -0.05) is 35.9 Å². The number of aliphatic imine (C=N–C) groups is 1. The van der Waals surface area contributed by atoms with Crippen molar-refractivity contribution in [2.45, 2.75) is 31.3 Å². The highest BCUT2D eigenvalue weighted by atomic mass is 35.5. The molecule has 2 aliphatic rings. The molecule has 0 aromatic heterocycles. The summed E-state index contributed by atoms with van der Waals surface area (Å²) in [7, 11) is 2.08. The number of hydrogen-bond donors (Lipinski definition) is 2. The number of fused-ring (bicyclic) bond motifs is 1. The first-order valence-electron chi connectivity index (χ1n) is 10.1. The Hall–Kier alpha value is -2.83. The molecule has 1 aliphatic carbocycles. The molecule has 7 heteroatoms. The summed E-state index contributed by atoms with van der Waals surface area (Å²) in [5.74, 6) is 0.329. The minimum atomic E-state index is -1.06. The van der Waals surface area contributed by atoms with Gasteiger partial charge in [0.2, 0.25) is 0 Å². The molecular weight excluding hydrogens is 400 g/mol. The average molecular weight is 425 g/mol. The fraction of sp³-hybridized carbons (Fsp3) is 0.304. The minimum absolute atomic E-state index is 0.161. The molecule has 0 saturated heterocycles. The van der Waals surface area contributed by atoms with Crippen molar-refractivity contribution in [1.82, 2.24) is 10.2 Å². The van der Waals surface area contributed by atoms with Crippen LogP contribution >= 0.6 is 11.6 Å². The van der Waals surface area contributed by atoms with Crippen LogP contribution in [0.5, 0.6) is 0 Å². The summed E-state index contributed by atoms with van der Waals surface area (Å²) in [6.07, 6.45) is 4.55. The zero-order valence-electron chi connectivity index (χ0n) is 16.8. The first kappa shape index (κ1) is 20.4. The molecule has 2 aromatic rings. The summed E-state index contributed by atoms with van der Waals surface area (Å²) in [5.41, 5.74) is 5.03. The number of halogens is 1. The van der Waals surface area contributed by atoms with Crippen LogP contribution in [-0.2, 0) is 6.42 Å². The predicted molar refractivity (Wildman–Crippen MR) is 121 cm³/mol. The number of carbonyl (C=O) groups is 1. The molecule has 1 aliphatic heterocycles. The van der Waals surface area contributed by atoms with Crippen LogP contribution < -0.4 is 10.2 Å². The largest absolute Gasteiger partial charge is 0.465 e. The van der Waals surface area contributed by atoms with Crippen LogP contribution in [-0.4, -0.2) is 42.1 Å². The van der Waals surface area contributed by atoms with Gasteiger partial charge in [-0.25, -0.2) is 9.79 Å². The number of aryl methyl sites for hydroxylation is 1. The summed E-state index contributed by atoms with van der Waals surface area (Å²) >= 11 is 5.85. The second-order valence-corrected chi connectivity index (χ2v) is 8.03. The van der Waals surface area contributed by atoms with Crippen LogP contribution in [0.2, 0.25) is 0 Å². The molecule has 2 atom stereocenters. The van der Waals surface area contributed by atoms with E-state index in [1.807, 2.05) is 18.2 Å². The van der Waals surface area contributed by atoms with Crippen molar-refractivity contribution in [3.05, 3.63) is 71.0 Å². The van der Waals surface area contributed by atoms with Gasteiger partial charge in [0.05, 0.1) is 0 Å². The maximum atomic E-state index is 11.5. The van der Waals surface area contributed by atoms with Gasteiger partial charge in [-0.3, -0.25) is 10.2 Å². The lowest BCUT2D eigenvalue weighted by Gasteiger charge is -2.31. The minimum Gasteiger partial charge on any atom is -0.465 e. The van der Waals surface area contributed by atoms with E-state index in [0.717, 1.165) is 29.8 Å². The van der Waals surface area contributed by atoms with Gasteiger partial charge in [0, 0.05) is 37.4 Å². The Morgan fingerprint density at radius 3 is 2.83 bits per heavy atom. The molecular formula is C23H25ClN4O2. The Kier molecular flexibility index (Phi) is 6.06. The summed E-state index contributed by atoms with van der Waals surface area (Å²) in [4.78, 5) is 18.9. The second kappa shape index (κ2) is 8.90. The highest BCUT2D eigenvalue weighted by molar-refractivity contribution is 6.30. The van der Waals surface area contributed by atoms with Crippen molar-refractivity contribution in [1.29, 1.82) is 0 Å². The van der Waals surface area contributed by atoms with Crippen molar-refractivity contribution in [2.24, 2.45) is 4.99 Å². The van der Waals surface area contributed by atoms with Crippen molar-refractivity contribution in [2.75, 3.05) is 18.5 Å². The van der Waals surface area contributed by atoms with Gasteiger partial charge in [-0.05, 0) is 60.6 Å². The molecule has 4 rings (SSSR count). The summed E-state index contributed by atoms with van der Waals surface area (Å²) < 4.78 is 0. The van der Waals surface area contributed by atoms with E-state index < -0.39 is 12.3 Å². The lowest BCUT2D eigenvalue weighted by atomic mass is 9.82. The van der Waals surface area contributed by atoms with Crippen LogP contribution in [0.15, 0.2) is 64.9 Å². The van der Waals surface area contributed by atoms with E-state index >= 15 is 0 Å². The number of nitrogens with one attached hydrogen (secondary N) is 1. The maximum absolute atomic E-state index is 11.5. The lowest BCUT2D eigenvalue weighted by Crippen LogP contribution is -2.49. The summed E-state index contributed by atoms with van der Waals surface area (Å²) in [5, 5.41) is 12.9. The fourth-order valence-corrected chi connectivity index (χ4v) is 4.31. The van der Waals surface area contributed by atoms with Gasteiger partial charge < -0.3 is 10.0 Å². The van der Waals surface area contributed by atoms with Crippen LogP contribution in [0.1, 0.15) is 29.9 Å². The third kappa shape index (κ3) is 4.35. The Labute approximate surface area is 181 Å². The van der Waals surface area contributed by atoms with Crippen molar-refractivity contribution < 1.29 is 9.90 Å². The van der Waals surface area contributed by atoms with Crippen LogP contribution in [0, 0.1) is 0 Å². The van der Waals surface area contributed by atoms with Gasteiger partial charge >= 0.3 is 6.09 Å². The number of hydrogen-bond acceptors (Lipinski definition) is 4. The molecule has 2 N–H and O–H groups in total. The van der Waals surface area contributed by atoms with E-state index in [2.05, 4.69) is 52.6 Å². The molecule has 0 radical (unpaired) electrons. The highest BCUT2D eigenvalue weighted by Crippen LogP contribution is 2.35. The number of nitrogens with zero attached hydrogens (tertiary/aromatic N) is 3. The molecule has 2 aromatic carbocycles. The van der Waals surface area contributed by atoms with Gasteiger partial charge in [0.15, 0.2) is 0 Å². The number of amides is 1. The molecule has 156 valence electrons. The SMILES string of the molecule is CN(c1ccccc1)c1ccc2c(c1)CCC[C@H]2CNC1C=NC(Cl)=CN1C(=O)O. The number of carboxylic acid groups (broad SMARTS) is 1. The van der Waals surface area contributed by atoms with Crippen molar-refractivity contribution in [3.63, 3.8) is 0 Å². The smallest absolute Gasteiger partial charge is 0.413 e. The molecule has 1 amide bonds. The van der Waals surface area contributed by atoms with Crippen LogP contribution in [0.3, 0.4) is 0 Å². The normalized spacial score (nSPS) is 20.5. The van der Waals surface area contributed by atoms with Gasteiger partial charge in [-0.15, -0.1) is 0 Å². The summed E-state index contributed by atoms with van der Waals surface area (Å²) in [6, 6.07) is 17.0. The fourth-order valence-electron chi connectivity index (χ4n) is 4.15. The van der Waals surface area contributed by atoms with Gasteiger partial charge in [-0.2, -0.15) is 0 Å². The number of benzene rings is 2. The Bertz CT molecular complexity index is 976. The second-order valence-electron chi connectivity index (χ2n) is 7.64. The maximum Gasteiger partial charge on any atom is 0.413 e. The molecule has 0 saturated carbocycles. The average Bonchev–Trinajstić information content (AvgIpc) is 2.77. The molecule has 0 spiro atoms.